The molecule has 2 rings (SSSR count). The normalized spacial score (nSPS) is 20.2. The molecule has 1 atom stereocenters. The average Bonchev–Trinajstić information content (AvgIpc) is 2.82. The van der Waals surface area contributed by atoms with E-state index in [1.54, 1.807) is 0 Å². The fourth-order valence-corrected chi connectivity index (χ4v) is 2.35. The summed E-state index contributed by atoms with van der Waals surface area (Å²) in [5.74, 6) is 0.109. The van der Waals surface area contributed by atoms with Crippen molar-refractivity contribution in [2.24, 2.45) is 0 Å². The zero-order valence-corrected chi connectivity index (χ0v) is 11.4. The molecule has 1 aromatic rings. The summed E-state index contributed by atoms with van der Waals surface area (Å²) in [6.45, 7) is 9.41. The van der Waals surface area contributed by atoms with E-state index >= 15 is 0 Å². The van der Waals surface area contributed by atoms with Gasteiger partial charge >= 0.3 is 0 Å². The Labute approximate surface area is 108 Å². The van der Waals surface area contributed by atoms with Gasteiger partial charge in [0, 0.05) is 32.2 Å². The van der Waals surface area contributed by atoms with Gasteiger partial charge in [-0.3, -0.25) is 9.48 Å². The Hall–Kier alpha value is -1.36. The molecule has 1 saturated heterocycles. The fourth-order valence-electron chi connectivity index (χ4n) is 2.35. The van der Waals surface area contributed by atoms with E-state index in [0.29, 0.717) is 0 Å². The Morgan fingerprint density at radius 3 is 2.94 bits per heavy atom. The van der Waals surface area contributed by atoms with Gasteiger partial charge in [-0.05, 0) is 26.3 Å². The Morgan fingerprint density at radius 2 is 2.33 bits per heavy atom. The molecule has 1 fully saturated rings. The smallest absolute Gasteiger partial charge is 0.272 e. The lowest BCUT2D eigenvalue weighted by Crippen LogP contribution is -2.52. The van der Waals surface area contributed by atoms with Crippen LogP contribution in [0.4, 0.5) is 0 Å². The molecule has 5 nitrogen and oxygen atoms in total. The Bertz CT molecular complexity index is 427. The first-order valence-corrected chi connectivity index (χ1v) is 6.75. The zero-order chi connectivity index (χ0) is 13.1. The molecule has 0 saturated carbocycles. The number of hydrogen-bond acceptors (Lipinski definition) is 3. The molecule has 1 amide bonds. The zero-order valence-electron chi connectivity index (χ0n) is 11.4. The van der Waals surface area contributed by atoms with Gasteiger partial charge < -0.3 is 10.2 Å². The van der Waals surface area contributed by atoms with Crippen LogP contribution in [-0.2, 0) is 13.0 Å². The quantitative estimate of drug-likeness (QED) is 0.867. The number of amides is 1. The molecule has 5 heteroatoms. The summed E-state index contributed by atoms with van der Waals surface area (Å²) in [6, 6.07) is 2.18. The van der Waals surface area contributed by atoms with Crippen molar-refractivity contribution in [3.05, 3.63) is 17.5 Å². The number of aromatic nitrogens is 2. The number of aryl methyl sites for hydroxylation is 2. The second-order valence-electron chi connectivity index (χ2n) is 4.74. The lowest BCUT2D eigenvalue weighted by atomic mass is 10.2. The molecule has 0 radical (unpaired) electrons. The molecule has 0 aromatic carbocycles. The molecule has 0 bridgehead atoms. The fraction of sp³-hybridized carbons (Fsp3) is 0.692. The first kappa shape index (κ1) is 13.1. The number of hydrogen-bond donors (Lipinski definition) is 1. The SMILES string of the molecule is CCc1cc(C(=O)N2CCNC[C@H]2C)n(CC)n1. The van der Waals surface area contributed by atoms with E-state index in [2.05, 4.69) is 24.3 Å². The van der Waals surface area contributed by atoms with Gasteiger partial charge in [-0.2, -0.15) is 5.10 Å². The minimum absolute atomic E-state index is 0.109. The van der Waals surface area contributed by atoms with Gasteiger partial charge in [-0.1, -0.05) is 6.92 Å². The van der Waals surface area contributed by atoms with Gasteiger partial charge in [-0.15, -0.1) is 0 Å². The molecule has 2 heterocycles. The highest BCUT2D eigenvalue weighted by atomic mass is 16.2. The van der Waals surface area contributed by atoms with E-state index in [9.17, 15) is 4.79 Å². The van der Waals surface area contributed by atoms with Crippen LogP contribution in [0.2, 0.25) is 0 Å². The molecule has 1 aliphatic rings. The van der Waals surface area contributed by atoms with Crippen molar-refractivity contribution in [1.29, 1.82) is 0 Å². The number of rotatable bonds is 3. The number of nitrogens with zero attached hydrogens (tertiary/aromatic N) is 3. The van der Waals surface area contributed by atoms with E-state index in [0.717, 1.165) is 44.0 Å². The van der Waals surface area contributed by atoms with Crippen LogP contribution < -0.4 is 5.32 Å². The van der Waals surface area contributed by atoms with Crippen molar-refractivity contribution in [1.82, 2.24) is 20.0 Å². The molecule has 0 spiro atoms. The van der Waals surface area contributed by atoms with E-state index < -0.39 is 0 Å². The van der Waals surface area contributed by atoms with Crippen LogP contribution in [0.5, 0.6) is 0 Å². The minimum Gasteiger partial charge on any atom is -0.332 e. The second kappa shape index (κ2) is 5.52. The Balaban J connectivity index is 2.24. The van der Waals surface area contributed by atoms with E-state index in [1.165, 1.54) is 0 Å². The van der Waals surface area contributed by atoms with E-state index in [1.807, 2.05) is 22.6 Å². The number of carbonyl (C=O) groups is 1. The summed E-state index contributed by atoms with van der Waals surface area (Å²) in [4.78, 5) is 14.5. The Kier molecular flexibility index (Phi) is 4.01. The van der Waals surface area contributed by atoms with E-state index in [4.69, 9.17) is 0 Å². The highest BCUT2D eigenvalue weighted by Gasteiger charge is 2.26. The summed E-state index contributed by atoms with van der Waals surface area (Å²) < 4.78 is 1.82. The summed E-state index contributed by atoms with van der Waals surface area (Å²) in [7, 11) is 0. The largest absolute Gasteiger partial charge is 0.332 e. The highest BCUT2D eigenvalue weighted by Crippen LogP contribution is 2.12. The highest BCUT2D eigenvalue weighted by molar-refractivity contribution is 5.93. The predicted octanol–water partition coefficient (Wildman–Crippen LogP) is 0.899. The van der Waals surface area contributed by atoms with E-state index in [-0.39, 0.29) is 11.9 Å². The summed E-state index contributed by atoms with van der Waals surface area (Å²) >= 11 is 0. The molecule has 0 unspecified atom stereocenters. The molecule has 1 aromatic heterocycles. The molecule has 18 heavy (non-hydrogen) atoms. The first-order valence-electron chi connectivity index (χ1n) is 6.75. The predicted molar refractivity (Wildman–Crippen MR) is 70.6 cm³/mol. The van der Waals surface area contributed by atoms with Gasteiger partial charge in [0.15, 0.2) is 0 Å². The molecule has 1 N–H and O–H groups in total. The van der Waals surface area contributed by atoms with Gasteiger partial charge in [0.2, 0.25) is 0 Å². The van der Waals surface area contributed by atoms with Crippen molar-refractivity contribution < 1.29 is 4.79 Å². The summed E-state index contributed by atoms with van der Waals surface area (Å²) in [6.07, 6.45) is 0.865. The van der Waals surface area contributed by atoms with Crippen molar-refractivity contribution in [2.75, 3.05) is 19.6 Å². The molecular weight excluding hydrogens is 228 g/mol. The number of nitrogens with one attached hydrogen (secondary N) is 1. The average molecular weight is 250 g/mol. The van der Waals surface area contributed by atoms with Crippen LogP contribution in [0.1, 0.15) is 37.0 Å². The molecule has 0 aliphatic carbocycles. The molecule has 100 valence electrons. The first-order chi connectivity index (χ1) is 8.67. The van der Waals surface area contributed by atoms with Gasteiger partial charge in [0.25, 0.3) is 5.91 Å². The lowest BCUT2D eigenvalue weighted by Gasteiger charge is -2.33. The number of piperazine rings is 1. The maximum Gasteiger partial charge on any atom is 0.272 e. The van der Waals surface area contributed by atoms with Crippen LogP contribution in [0.25, 0.3) is 0 Å². The van der Waals surface area contributed by atoms with Crippen LogP contribution in [0.15, 0.2) is 6.07 Å². The van der Waals surface area contributed by atoms with Crippen LogP contribution in [-0.4, -0.2) is 46.3 Å². The molecule has 1 aliphatic heterocycles. The third kappa shape index (κ3) is 2.41. The summed E-state index contributed by atoms with van der Waals surface area (Å²) in [5, 5.41) is 7.74. The van der Waals surface area contributed by atoms with Crippen molar-refractivity contribution in [3.63, 3.8) is 0 Å². The van der Waals surface area contributed by atoms with Crippen LogP contribution >= 0.6 is 0 Å². The third-order valence-electron chi connectivity index (χ3n) is 3.47. The lowest BCUT2D eigenvalue weighted by molar-refractivity contribution is 0.0643. The Morgan fingerprint density at radius 1 is 1.56 bits per heavy atom. The maximum atomic E-state index is 12.6. The number of carbonyl (C=O) groups excluding carboxylic acids is 1. The molecular formula is C13H22N4O. The standard InChI is InChI=1S/C13H22N4O/c1-4-11-8-12(17(5-2)15-11)13(18)16-7-6-14-9-10(16)3/h8,10,14H,4-7,9H2,1-3H3/t10-/m1/s1. The van der Waals surface area contributed by atoms with Gasteiger partial charge in [0.05, 0.1) is 5.69 Å². The van der Waals surface area contributed by atoms with Crippen molar-refractivity contribution in [3.8, 4) is 0 Å². The minimum atomic E-state index is 0.109. The monoisotopic (exact) mass is 250 g/mol. The van der Waals surface area contributed by atoms with Crippen LogP contribution in [0.3, 0.4) is 0 Å². The van der Waals surface area contributed by atoms with Crippen LogP contribution in [0, 0.1) is 0 Å². The van der Waals surface area contributed by atoms with Crippen molar-refractivity contribution in [2.45, 2.75) is 39.8 Å². The third-order valence-corrected chi connectivity index (χ3v) is 3.47. The maximum absolute atomic E-state index is 12.6. The summed E-state index contributed by atoms with van der Waals surface area (Å²) in [5.41, 5.74) is 1.71. The van der Waals surface area contributed by atoms with Crippen molar-refractivity contribution >= 4 is 5.91 Å². The topological polar surface area (TPSA) is 50.2 Å². The second-order valence-corrected chi connectivity index (χ2v) is 4.74. The van der Waals surface area contributed by atoms with Gasteiger partial charge in [-0.25, -0.2) is 0 Å². The van der Waals surface area contributed by atoms with Gasteiger partial charge in [0.1, 0.15) is 5.69 Å².